The molecule has 0 unspecified atom stereocenters. The van der Waals surface area contributed by atoms with Crippen LogP contribution in [-0.2, 0) is 6.17 Å². The second kappa shape index (κ2) is 13.1. The summed E-state index contributed by atoms with van der Waals surface area (Å²) in [5.74, 6) is 0.457. The lowest BCUT2D eigenvalue weighted by atomic mass is 9.65. The number of imidazole rings is 1. The number of nitrogens with zero attached hydrogens (tertiary/aromatic N) is 2. The van der Waals surface area contributed by atoms with Gasteiger partial charge < -0.3 is 4.57 Å². The van der Waals surface area contributed by atoms with Crippen LogP contribution in [0.5, 0.6) is 0 Å². The van der Waals surface area contributed by atoms with E-state index >= 15 is 0 Å². The molecule has 0 radical (unpaired) electrons. The van der Waals surface area contributed by atoms with E-state index in [1.165, 1.54) is 37.7 Å². The molecule has 0 atom stereocenters. The van der Waals surface area contributed by atoms with Gasteiger partial charge in [0.15, 0.2) is 8.07 Å². The molecule has 2 nitrogen and oxygen atoms in total. The van der Waals surface area contributed by atoms with E-state index in [9.17, 15) is 0 Å². The molecule has 0 aliphatic heterocycles. The Morgan fingerprint density at radius 3 is 1.86 bits per heavy atom. The Balaban J connectivity index is 1.50. The van der Waals surface area contributed by atoms with E-state index in [1.54, 1.807) is 0 Å². The van der Waals surface area contributed by atoms with Crippen LogP contribution in [0.4, 0.5) is 0 Å². The molecule has 1 heterocycles. The van der Waals surface area contributed by atoms with Crippen LogP contribution in [-0.4, -0.2) is 24.9 Å². The monoisotopic (exact) mass is 572 g/mol. The van der Waals surface area contributed by atoms with Crippen LogP contribution in [0.2, 0.25) is 0 Å². The molecular weight excluding hydrogens is 535 g/mol. The van der Waals surface area contributed by atoms with E-state index in [1.807, 2.05) is 6.20 Å². The summed E-state index contributed by atoms with van der Waals surface area (Å²) in [6.45, 7) is 4.57. The average molecular weight is 573 g/mol. The molecule has 0 N–H and O–H groups in total. The minimum Gasteiger partial charge on any atom is -0.345 e. The summed E-state index contributed by atoms with van der Waals surface area (Å²) < 4.78 is 2.43. The normalized spacial score (nSPS) is 11.9. The van der Waals surface area contributed by atoms with Crippen molar-refractivity contribution in [3.8, 4) is 0 Å². The Hall–Kier alpha value is -4.67. The highest BCUT2D eigenvalue weighted by molar-refractivity contribution is 7.10. The SMILES string of the molecule is CC(C)c1cccc([Si](Cn2ccnc2BC(=Cc2ccccc2)c2ccccc2)(c2ccccc2)c2ccccc2)c1. The van der Waals surface area contributed by atoms with Crippen molar-refractivity contribution in [2.75, 3.05) is 0 Å². The largest absolute Gasteiger partial charge is 0.345 e. The lowest BCUT2D eigenvalue weighted by Crippen LogP contribution is -2.70. The average Bonchev–Trinajstić information content (AvgIpc) is 3.51. The van der Waals surface area contributed by atoms with Gasteiger partial charge in [-0.25, -0.2) is 0 Å². The molecule has 6 aromatic rings. The van der Waals surface area contributed by atoms with Gasteiger partial charge in [-0.2, -0.15) is 0 Å². The van der Waals surface area contributed by atoms with Crippen LogP contribution in [0.25, 0.3) is 11.5 Å². The number of hydrogen-bond acceptors (Lipinski definition) is 1. The number of benzene rings is 5. The van der Waals surface area contributed by atoms with Crippen LogP contribution in [0.3, 0.4) is 0 Å². The predicted molar refractivity (Wildman–Crippen MR) is 188 cm³/mol. The molecule has 210 valence electrons. The van der Waals surface area contributed by atoms with Crippen LogP contribution >= 0.6 is 0 Å². The Labute approximate surface area is 257 Å². The first-order chi connectivity index (χ1) is 21.1. The maximum atomic E-state index is 4.98. The minimum atomic E-state index is -2.54. The topological polar surface area (TPSA) is 17.8 Å². The third-order valence-corrected chi connectivity index (χ3v) is 13.2. The van der Waals surface area contributed by atoms with Gasteiger partial charge in [0.1, 0.15) is 0 Å². The van der Waals surface area contributed by atoms with Crippen molar-refractivity contribution < 1.29 is 0 Å². The van der Waals surface area contributed by atoms with E-state index in [-0.39, 0.29) is 0 Å². The molecule has 4 heteroatoms. The second-order valence-electron chi connectivity index (χ2n) is 11.5. The molecule has 1 aromatic heterocycles. The maximum Gasteiger partial charge on any atom is 0.239 e. The van der Waals surface area contributed by atoms with E-state index in [4.69, 9.17) is 4.98 Å². The fraction of sp³-hybridized carbons (Fsp3) is 0.103. The number of hydrogen-bond donors (Lipinski definition) is 0. The summed E-state index contributed by atoms with van der Waals surface area (Å²) in [6.07, 6.45) is 7.32. The van der Waals surface area contributed by atoms with Crippen molar-refractivity contribution in [2.24, 2.45) is 0 Å². The van der Waals surface area contributed by atoms with Crippen LogP contribution in [0.1, 0.15) is 36.5 Å². The third kappa shape index (κ3) is 6.25. The molecule has 0 aliphatic carbocycles. The smallest absolute Gasteiger partial charge is 0.239 e. The Morgan fingerprint density at radius 1 is 0.698 bits per heavy atom. The van der Waals surface area contributed by atoms with Crippen molar-refractivity contribution >= 4 is 48.2 Å². The molecule has 0 amide bonds. The highest BCUT2D eigenvalue weighted by atomic mass is 28.3. The van der Waals surface area contributed by atoms with Gasteiger partial charge in [0, 0.05) is 18.6 Å². The van der Waals surface area contributed by atoms with E-state index in [0.29, 0.717) is 5.92 Å². The van der Waals surface area contributed by atoms with Crippen molar-refractivity contribution in [1.82, 2.24) is 9.55 Å². The molecule has 5 aromatic carbocycles. The second-order valence-corrected chi connectivity index (χ2v) is 15.4. The quantitative estimate of drug-likeness (QED) is 0.112. The highest BCUT2D eigenvalue weighted by Crippen LogP contribution is 2.19. The van der Waals surface area contributed by atoms with Gasteiger partial charge in [0.05, 0.1) is 5.72 Å². The first-order valence-electron chi connectivity index (χ1n) is 15.2. The van der Waals surface area contributed by atoms with E-state index in [0.717, 1.165) is 19.2 Å². The van der Waals surface area contributed by atoms with Crippen LogP contribution < -0.4 is 21.3 Å². The van der Waals surface area contributed by atoms with E-state index in [2.05, 4.69) is 176 Å². The Kier molecular flexibility index (Phi) is 8.67. The zero-order valence-corrected chi connectivity index (χ0v) is 26.0. The van der Waals surface area contributed by atoms with Crippen molar-refractivity contribution in [3.63, 3.8) is 0 Å². The standard InChI is InChI=1S/C39H37BN2Si/c1-31(2)34-20-15-25-37(29-34)43(35-21-11-5-12-22-35,36-23-13-6-14-24-36)30-42-27-26-41-39(42)40-38(33-18-9-4-10-19-33)28-32-16-7-3-8-17-32/h3-29,31,40H,30H2,1-2H3. The highest BCUT2D eigenvalue weighted by Gasteiger charge is 2.40. The fourth-order valence-corrected chi connectivity index (χ4v) is 10.8. The molecule has 0 saturated carbocycles. The Bertz CT molecular complexity index is 1740. The first-order valence-corrected chi connectivity index (χ1v) is 17.4. The first kappa shape index (κ1) is 28.5. The van der Waals surface area contributed by atoms with Gasteiger partial charge in [-0.3, -0.25) is 4.98 Å². The summed E-state index contributed by atoms with van der Waals surface area (Å²) in [7, 11) is -1.80. The summed E-state index contributed by atoms with van der Waals surface area (Å²) in [6, 6.07) is 53.0. The van der Waals surface area contributed by atoms with Gasteiger partial charge >= 0.3 is 0 Å². The molecule has 0 bridgehead atoms. The summed E-state index contributed by atoms with van der Waals surface area (Å²) in [4.78, 5) is 4.98. The number of aromatic nitrogens is 2. The van der Waals surface area contributed by atoms with Gasteiger partial charge in [0.25, 0.3) is 0 Å². The number of rotatable bonds is 10. The molecular formula is C39H37BN2Si. The summed E-state index contributed by atoms with van der Waals surface area (Å²) in [5.41, 5.74) is 6.13. The third-order valence-electron chi connectivity index (χ3n) is 8.42. The Morgan fingerprint density at radius 2 is 1.26 bits per heavy atom. The van der Waals surface area contributed by atoms with Crippen LogP contribution in [0.15, 0.2) is 158 Å². The maximum absolute atomic E-state index is 4.98. The van der Waals surface area contributed by atoms with E-state index < -0.39 is 8.07 Å². The minimum absolute atomic E-state index is 0.457. The molecule has 43 heavy (non-hydrogen) atoms. The summed E-state index contributed by atoms with van der Waals surface area (Å²) >= 11 is 0. The van der Waals surface area contributed by atoms with Gasteiger partial charge in [-0.15, -0.1) is 0 Å². The zero-order chi connectivity index (χ0) is 29.5. The summed E-state index contributed by atoms with van der Waals surface area (Å²) in [5, 5.41) is 4.24. The van der Waals surface area contributed by atoms with Crippen LogP contribution in [0, 0.1) is 0 Å². The van der Waals surface area contributed by atoms with Crippen molar-refractivity contribution in [1.29, 1.82) is 0 Å². The molecule has 0 fully saturated rings. The molecule has 0 aliphatic rings. The lowest BCUT2D eigenvalue weighted by Gasteiger charge is -2.35. The molecule has 6 rings (SSSR count). The zero-order valence-electron chi connectivity index (χ0n) is 25.0. The van der Waals surface area contributed by atoms with Gasteiger partial charge in [0.2, 0.25) is 7.28 Å². The van der Waals surface area contributed by atoms with Gasteiger partial charge in [-0.1, -0.05) is 171 Å². The fourth-order valence-electron chi connectivity index (χ4n) is 6.10. The predicted octanol–water partition coefficient (Wildman–Crippen LogP) is 5.98. The molecule has 0 saturated heterocycles. The van der Waals surface area contributed by atoms with Gasteiger partial charge in [-0.05, 0) is 38.2 Å². The lowest BCUT2D eigenvalue weighted by molar-refractivity contribution is 0.866. The van der Waals surface area contributed by atoms with Crippen molar-refractivity contribution in [2.45, 2.75) is 25.9 Å². The van der Waals surface area contributed by atoms with Crippen molar-refractivity contribution in [3.05, 3.63) is 175 Å². The molecule has 0 spiro atoms.